The Morgan fingerprint density at radius 3 is 1.38 bits per heavy atom. The highest BCUT2D eigenvalue weighted by atomic mass is 31.1. The molecule has 0 aromatic heterocycles. The van der Waals surface area contributed by atoms with Crippen LogP contribution in [0.3, 0.4) is 0 Å². The van der Waals surface area contributed by atoms with E-state index in [1.807, 2.05) is 0 Å². The molecule has 0 nitrogen and oxygen atoms in total. The Kier molecular flexibility index (Phi) is 3.63. The Hall–Kier alpha value is -0.440. The summed E-state index contributed by atoms with van der Waals surface area (Å²) >= 11 is 0. The highest BCUT2D eigenvalue weighted by molar-refractivity contribution is 7.70. The summed E-state index contributed by atoms with van der Waals surface area (Å²) in [5.74, 6) is 0. The maximum Gasteiger partial charge on any atom is -0.0163 e. The normalized spacial score (nSPS) is 11.6. The smallest absolute Gasteiger partial charge is 0.0163 e. The van der Waals surface area contributed by atoms with E-state index in [0.29, 0.717) is 0 Å². The molecular weight excluding hydrogens is 230 g/mol. The van der Waals surface area contributed by atoms with Gasteiger partial charge in [0.15, 0.2) is 0 Å². The van der Waals surface area contributed by atoms with E-state index in [1.54, 1.807) is 10.6 Å². The standard InChI is InChI=1S/C14H18P2/c1-15(2)13-9-11-7-5-6-8-12(11)10-14(13)16(3)4/h5-10H,1-4H3. The average Bonchev–Trinajstić information content (AvgIpc) is 2.27. The van der Waals surface area contributed by atoms with Gasteiger partial charge in [-0.05, 0) is 60.2 Å². The minimum atomic E-state index is -0.00582. The topological polar surface area (TPSA) is 0 Å². The minimum absolute atomic E-state index is 0.00582. The van der Waals surface area contributed by atoms with Gasteiger partial charge in [0.2, 0.25) is 0 Å². The van der Waals surface area contributed by atoms with Gasteiger partial charge in [0.1, 0.15) is 0 Å². The largest absolute Gasteiger partial charge is 0.0810 e. The predicted octanol–water partition coefficient (Wildman–Crippen LogP) is 3.57. The maximum atomic E-state index is 2.40. The van der Waals surface area contributed by atoms with Crippen molar-refractivity contribution in [3.05, 3.63) is 36.4 Å². The number of rotatable bonds is 2. The van der Waals surface area contributed by atoms with E-state index in [-0.39, 0.29) is 15.8 Å². The molecule has 84 valence electrons. The summed E-state index contributed by atoms with van der Waals surface area (Å²) in [6, 6.07) is 13.5. The second kappa shape index (κ2) is 4.82. The molecule has 2 aromatic carbocycles. The van der Waals surface area contributed by atoms with Gasteiger partial charge in [-0.1, -0.05) is 40.1 Å². The lowest BCUT2D eigenvalue weighted by Gasteiger charge is -2.17. The van der Waals surface area contributed by atoms with E-state index >= 15 is 0 Å². The van der Waals surface area contributed by atoms with Gasteiger partial charge in [0.05, 0.1) is 0 Å². The zero-order valence-electron chi connectivity index (χ0n) is 10.4. The molecule has 2 rings (SSSR count). The molecule has 0 N–H and O–H groups in total. The molecular formula is C14H18P2. The molecule has 0 aliphatic carbocycles. The number of fused-ring (bicyclic) bond motifs is 1. The van der Waals surface area contributed by atoms with Crippen molar-refractivity contribution in [1.29, 1.82) is 0 Å². The highest BCUT2D eigenvalue weighted by Crippen LogP contribution is 2.32. The molecule has 2 heteroatoms. The van der Waals surface area contributed by atoms with Crippen LogP contribution in [0, 0.1) is 0 Å². The zero-order valence-corrected chi connectivity index (χ0v) is 12.1. The third-order valence-electron chi connectivity index (χ3n) is 2.81. The molecule has 16 heavy (non-hydrogen) atoms. The van der Waals surface area contributed by atoms with Crippen molar-refractivity contribution in [2.75, 3.05) is 26.7 Å². The van der Waals surface area contributed by atoms with Crippen LogP contribution in [-0.4, -0.2) is 26.7 Å². The van der Waals surface area contributed by atoms with Crippen molar-refractivity contribution in [2.24, 2.45) is 0 Å². The van der Waals surface area contributed by atoms with Gasteiger partial charge in [-0.3, -0.25) is 0 Å². The van der Waals surface area contributed by atoms with Crippen LogP contribution in [0.25, 0.3) is 10.8 Å². The summed E-state index contributed by atoms with van der Waals surface area (Å²) in [5, 5.41) is 5.94. The molecule has 0 fully saturated rings. The monoisotopic (exact) mass is 248 g/mol. The summed E-state index contributed by atoms with van der Waals surface area (Å²) in [4.78, 5) is 0. The zero-order chi connectivity index (χ0) is 11.7. The Morgan fingerprint density at radius 1 is 0.688 bits per heavy atom. The van der Waals surface area contributed by atoms with Gasteiger partial charge < -0.3 is 0 Å². The first-order valence-corrected chi connectivity index (χ1v) is 9.94. The van der Waals surface area contributed by atoms with E-state index in [1.165, 1.54) is 10.8 Å². The molecule has 0 radical (unpaired) electrons. The second-order valence-electron chi connectivity index (χ2n) is 4.48. The predicted molar refractivity (Wildman–Crippen MR) is 80.8 cm³/mol. The fourth-order valence-electron chi connectivity index (χ4n) is 1.93. The molecule has 0 heterocycles. The van der Waals surface area contributed by atoms with Crippen LogP contribution in [0.2, 0.25) is 0 Å². The lowest BCUT2D eigenvalue weighted by Crippen LogP contribution is -2.20. The first kappa shape index (κ1) is 12.0. The average molecular weight is 248 g/mol. The van der Waals surface area contributed by atoms with Crippen LogP contribution < -0.4 is 10.6 Å². The van der Waals surface area contributed by atoms with Crippen LogP contribution in [0.4, 0.5) is 0 Å². The molecule has 0 aliphatic rings. The number of hydrogen-bond donors (Lipinski definition) is 0. The van der Waals surface area contributed by atoms with Gasteiger partial charge in [-0.15, -0.1) is 0 Å². The van der Waals surface area contributed by atoms with E-state index in [2.05, 4.69) is 63.1 Å². The summed E-state index contributed by atoms with van der Waals surface area (Å²) in [7, 11) is -0.0116. The summed E-state index contributed by atoms with van der Waals surface area (Å²) in [6.07, 6.45) is 0. The van der Waals surface area contributed by atoms with Crippen LogP contribution >= 0.6 is 15.8 Å². The van der Waals surface area contributed by atoms with E-state index in [4.69, 9.17) is 0 Å². The molecule has 0 spiro atoms. The van der Waals surface area contributed by atoms with Crippen LogP contribution in [0.1, 0.15) is 0 Å². The number of benzene rings is 2. The lowest BCUT2D eigenvalue weighted by atomic mass is 10.1. The van der Waals surface area contributed by atoms with Crippen molar-refractivity contribution >= 4 is 37.2 Å². The second-order valence-corrected chi connectivity index (χ2v) is 9.02. The minimum Gasteiger partial charge on any atom is -0.0810 e. The van der Waals surface area contributed by atoms with Crippen molar-refractivity contribution in [3.8, 4) is 0 Å². The molecule has 0 unspecified atom stereocenters. The fraction of sp³-hybridized carbons (Fsp3) is 0.286. The third-order valence-corrected chi connectivity index (χ3v) is 5.65. The van der Waals surface area contributed by atoms with Gasteiger partial charge >= 0.3 is 0 Å². The van der Waals surface area contributed by atoms with Crippen LogP contribution in [0.15, 0.2) is 36.4 Å². The van der Waals surface area contributed by atoms with Crippen molar-refractivity contribution in [1.82, 2.24) is 0 Å². The van der Waals surface area contributed by atoms with E-state index in [9.17, 15) is 0 Å². The summed E-state index contributed by atoms with van der Waals surface area (Å²) in [5.41, 5.74) is 0. The fourth-order valence-corrected chi connectivity index (χ4v) is 4.97. The quantitative estimate of drug-likeness (QED) is 0.713. The Morgan fingerprint density at radius 2 is 1.06 bits per heavy atom. The summed E-state index contributed by atoms with van der Waals surface area (Å²) in [6.45, 7) is 9.40. The molecule has 0 atom stereocenters. The first-order chi connectivity index (χ1) is 7.59. The molecule has 0 aliphatic heterocycles. The summed E-state index contributed by atoms with van der Waals surface area (Å²) < 4.78 is 0. The van der Waals surface area contributed by atoms with Gasteiger partial charge in [0.25, 0.3) is 0 Å². The first-order valence-electron chi connectivity index (χ1n) is 5.47. The number of hydrogen-bond acceptors (Lipinski definition) is 0. The van der Waals surface area contributed by atoms with Gasteiger partial charge in [-0.2, -0.15) is 0 Å². The molecule has 0 saturated heterocycles. The van der Waals surface area contributed by atoms with Crippen molar-refractivity contribution in [3.63, 3.8) is 0 Å². The molecule has 2 aromatic rings. The Balaban J connectivity index is 2.71. The molecule has 0 saturated carbocycles. The maximum absolute atomic E-state index is 2.40. The Bertz CT molecular complexity index is 455. The third kappa shape index (κ3) is 2.29. The van der Waals surface area contributed by atoms with Gasteiger partial charge in [-0.25, -0.2) is 0 Å². The lowest BCUT2D eigenvalue weighted by molar-refractivity contribution is 1.80. The van der Waals surface area contributed by atoms with E-state index < -0.39 is 0 Å². The molecule has 0 bridgehead atoms. The van der Waals surface area contributed by atoms with E-state index in [0.717, 1.165) is 0 Å². The highest BCUT2D eigenvalue weighted by Gasteiger charge is 2.10. The van der Waals surface area contributed by atoms with Crippen LogP contribution in [0.5, 0.6) is 0 Å². The van der Waals surface area contributed by atoms with Crippen LogP contribution in [-0.2, 0) is 0 Å². The van der Waals surface area contributed by atoms with Crippen molar-refractivity contribution in [2.45, 2.75) is 0 Å². The van der Waals surface area contributed by atoms with Crippen molar-refractivity contribution < 1.29 is 0 Å². The van der Waals surface area contributed by atoms with Gasteiger partial charge in [0, 0.05) is 0 Å². The molecule has 0 amide bonds. The SMILES string of the molecule is CP(C)c1cc2ccccc2cc1P(C)C. The Labute approximate surface area is 101 Å².